The van der Waals surface area contributed by atoms with Crippen LogP contribution in [0, 0.1) is 5.92 Å². The van der Waals surface area contributed by atoms with E-state index < -0.39 is 23.9 Å². The van der Waals surface area contributed by atoms with Crippen molar-refractivity contribution in [2.45, 2.75) is 33.2 Å². The lowest BCUT2D eigenvalue weighted by atomic mass is 10.1. The van der Waals surface area contributed by atoms with Gasteiger partial charge in [-0.1, -0.05) is 20.8 Å². The second kappa shape index (κ2) is 5.65. The predicted molar refractivity (Wildman–Crippen MR) is 60.1 cm³/mol. The zero-order valence-electron chi connectivity index (χ0n) is 10.4. The molecule has 3 amide bonds. The van der Waals surface area contributed by atoms with Crippen LogP contribution in [0.3, 0.4) is 0 Å². The molecule has 17 heavy (non-hydrogen) atoms. The minimum Gasteiger partial charge on any atom is -0.449 e. The van der Waals surface area contributed by atoms with Crippen LogP contribution < -0.4 is 5.32 Å². The number of nitrogens with zero attached hydrogens (tertiary/aromatic N) is 1. The molecule has 1 N–H and O–H groups in total. The molecule has 0 aromatic carbocycles. The van der Waals surface area contributed by atoms with Crippen LogP contribution in [0.15, 0.2) is 0 Å². The summed E-state index contributed by atoms with van der Waals surface area (Å²) in [4.78, 5) is 35.6. The third-order valence-corrected chi connectivity index (χ3v) is 2.42. The second-order valence-electron chi connectivity index (χ2n) is 4.44. The van der Waals surface area contributed by atoms with Crippen molar-refractivity contribution < 1.29 is 19.1 Å². The highest BCUT2D eigenvalue weighted by Crippen LogP contribution is 2.11. The number of rotatable bonds is 3. The Hall–Kier alpha value is -1.59. The van der Waals surface area contributed by atoms with E-state index in [4.69, 9.17) is 4.74 Å². The summed E-state index contributed by atoms with van der Waals surface area (Å²) in [6.07, 6.45) is -0.149. The first-order chi connectivity index (χ1) is 7.95. The average molecular weight is 242 g/mol. The number of carbonyl (C=O) groups excluding carboxylic acids is 3. The molecule has 1 rings (SSSR count). The molecular formula is C11H18N2O4. The summed E-state index contributed by atoms with van der Waals surface area (Å²) in [5, 5.41) is 2.20. The molecule has 0 radical (unpaired) electrons. The summed E-state index contributed by atoms with van der Waals surface area (Å²) in [5.41, 5.74) is 0. The molecule has 1 aliphatic heterocycles. The van der Waals surface area contributed by atoms with Gasteiger partial charge in [0.25, 0.3) is 0 Å². The maximum Gasteiger partial charge on any atom is 0.410 e. The van der Waals surface area contributed by atoms with Gasteiger partial charge in [-0.3, -0.25) is 19.8 Å². The van der Waals surface area contributed by atoms with Gasteiger partial charge in [0.05, 0.1) is 6.61 Å². The molecule has 1 aliphatic rings. The SMILES string of the molecule is CCC1C(=O)NC(=O)CN1C(=O)OCC(C)C. The fraction of sp³-hybridized carbons (Fsp3) is 0.727. The molecule has 0 aromatic heterocycles. The van der Waals surface area contributed by atoms with Crippen LogP contribution in [0.1, 0.15) is 27.2 Å². The van der Waals surface area contributed by atoms with E-state index in [9.17, 15) is 14.4 Å². The molecule has 0 aromatic rings. The van der Waals surface area contributed by atoms with Crippen LogP contribution in [0.4, 0.5) is 4.79 Å². The van der Waals surface area contributed by atoms with Gasteiger partial charge >= 0.3 is 6.09 Å². The lowest BCUT2D eigenvalue weighted by Gasteiger charge is -2.32. The summed E-state index contributed by atoms with van der Waals surface area (Å²) in [5.74, 6) is -0.695. The molecule has 1 atom stereocenters. The predicted octanol–water partition coefficient (Wildman–Crippen LogP) is 0.516. The van der Waals surface area contributed by atoms with E-state index >= 15 is 0 Å². The topological polar surface area (TPSA) is 75.7 Å². The first-order valence-electron chi connectivity index (χ1n) is 5.72. The van der Waals surface area contributed by atoms with Crippen LogP contribution in [0.5, 0.6) is 0 Å². The Balaban J connectivity index is 2.67. The first-order valence-corrected chi connectivity index (χ1v) is 5.72. The van der Waals surface area contributed by atoms with Crippen molar-refractivity contribution >= 4 is 17.9 Å². The molecule has 6 nitrogen and oxygen atoms in total. The van der Waals surface area contributed by atoms with Crippen LogP contribution in [-0.2, 0) is 14.3 Å². The molecule has 6 heteroatoms. The molecule has 0 aliphatic carbocycles. The summed E-state index contributed by atoms with van der Waals surface area (Å²) in [6, 6.07) is -0.618. The van der Waals surface area contributed by atoms with Crippen LogP contribution >= 0.6 is 0 Å². The zero-order chi connectivity index (χ0) is 13.0. The Bertz CT molecular complexity index is 327. The molecule has 1 fully saturated rings. The molecule has 1 heterocycles. The fourth-order valence-corrected chi connectivity index (χ4v) is 1.59. The quantitative estimate of drug-likeness (QED) is 0.732. The van der Waals surface area contributed by atoms with Crippen molar-refractivity contribution in [3.8, 4) is 0 Å². The van der Waals surface area contributed by atoms with E-state index in [2.05, 4.69) is 5.32 Å². The number of hydrogen-bond acceptors (Lipinski definition) is 4. The highest BCUT2D eigenvalue weighted by Gasteiger charge is 2.36. The van der Waals surface area contributed by atoms with Crippen molar-refractivity contribution in [1.29, 1.82) is 0 Å². The molecule has 96 valence electrons. The van der Waals surface area contributed by atoms with Gasteiger partial charge in [0.15, 0.2) is 0 Å². The average Bonchev–Trinajstić information content (AvgIpc) is 2.24. The van der Waals surface area contributed by atoms with Crippen molar-refractivity contribution in [2.75, 3.05) is 13.2 Å². The largest absolute Gasteiger partial charge is 0.449 e. The number of hydrogen-bond donors (Lipinski definition) is 1. The summed E-state index contributed by atoms with van der Waals surface area (Å²) < 4.78 is 5.03. The number of amides is 3. The second-order valence-corrected chi connectivity index (χ2v) is 4.44. The van der Waals surface area contributed by atoms with Gasteiger partial charge in [0, 0.05) is 0 Å². The Kier molecular flexibility index (Phi) is 4.48. The molecule has 0 spiro atoms. The van der Waals surface area contributed by atoms with Crippen molar-refractivity contribution in [3.63, 3.8) is 0 Å². The van der Waals surface area contributed by atoms with Gasteiger partial charge in [-0.2, -0.15) is 0 Å². The highest BCUT2D eigenvalue weighted by atomic mass is 16.6. The van der Waals surface area contributed by atoms with Crippen LogP contribution in [-0.4, -0.2) is 42.0 Å². The van der Waals surface area contributed by atoms with Gasteiger partial charge in [-0.25, -0.2) is 4.79 Å². The monoisotopic (exact) mass is 242 g/mol. The Morgan fingerprint density at radius 1 is 1.53 bits per heavy atom. The van der Waals surface area contributed by atoms with E-state index in [1.807, 2.05) is 13.8 Å². The molecule has 0 saturated carbocycles. The molecular weight excluding hydrogens is 224 g/mol. The first kappa shape index (κ1) is 13.5. The zero-order valence-corrected chi connectivity index (χ0v) is 10.4. The Morgan fingerprint density at radius 2 is 2.18 bits per heavy atom. The summed E-state index contributed by atoms with van der Waals surface area (Å²) >= 11 is 0. The number of piperazine rings is 1. The molecule has 1 saturated heterocycles. The fourth-order valence-electron chi connectivity index (χ4n) is 1.59. The van der Waals surface area contributed by atoms with E-state index in [0.717, 1.165) is 0 Å². The van der Waals surface area contributed by atoms with E-state index in [0.29, 0.717) is 6.42 Å². The summed E-state index contributed by atoms with van der Waals surface area (Å²) in [6.45, 7) is 5.77. The van der Waals surface area contributed by atoms with Crippen LogP contribution in [0.25, 0.3) is 0 Å². The maximum atomic E-state index is 11.7. The normalized spacial score (nSPS) is 20.5. The third kappa shape index (κ3) is 3.44. The van der Waals surface area contributed by atoms with Crippen molar-refractivity contribution in [2.24, 2.45) is 5.92 Å². The van der Waals surface area contributed by atoms with Gasteiger partial charge < -0.3 is 4.74 Å². The minimum absolute atomic E-state index is 0.124. The standard InChI is InChI=1S/C11H18N2O4/c1-4-8-10(15)12-9(14)5-13(8)11(16)17-6-7(2)3/h7-8H,4-6H2,1-3H3,(H,12,14,15). The van der Waals surface area contributed by atoms with E-state index in [1.165, 1.54) is 4.90 Å². The van der Waals surface area contributed by atoms with Gasteiger partial charge in [-0.15, -0.1) is 0 Å². The lowest BCUT2D eigenvalue weighted by molar-refractivity contribution is -0.139. The number of nitrogens with one attached hydrogen (secondary N) is 1. The lowest BCUT2D eigenvalue weighted by Crippen LogP contribution is -2.59. The van der Waals surface area contributed by atoms with Crippen molar-refractivity contribution in [3.05, 3.63) is 0 Å². The van der Waals surface area contributed by atoms with Gasteiger partial charge in [0.2, 0.25) is 11.8 Å². The summed E-state index contributed by atoms with van der Waals surface area (Å²) in [7, 11) is 0. The number of imide groups is 1. The minimum atomic E-state index is -0.618. The van der Waals surface area contributed by atoms with Gasteiger partial charge in [0.1, 0.15) is 12.6 Å². The molecule has 0 bridgehead atoms. The Labute approximate surface area is 100 Å². The number of ether oxygens (including phenoxy) is 1. The van der Waals surface area contributed by atoms with Gasteiger partial charge in [-0.05, 0) is 12.3 Å². The van der Waals surface area contributed by atoms with Crippen molar-refractivity contribution in [1.82, 2.24) is 10.2 Å². The molecule has 1 unspecified atom stereocenters. The third-order valence-electron chi connectivity index (χ3n) is 2.42. The highest BCUT2D eigenvalue weighted by molar-refractivity contribution is 6.03. The number of carbonyl (C=O) groups is 3. The maximum absolute atomic E-state index is 11.7. The van der Waals surface area contributed by atoms with E-state index in [-0.39, 0.29) is 19.1 Å². The smallest absolute Gasteiger partial charge is 0.410 e. The van der Waals surface area contributed by atoms with E-state index in [1.54, 1.807) is 6.92 Å². The van der Waals surface area contributed by atoms with Crippen LogP contribution in [0.2, 0.25) is 0 Å². The Morgan fingerprint density at radius 3 is 2.71 bits per heavy atom.